The Morgan fingerprint density at radius 2 is 1.43 bits per heavy atom. The van der Waals surface area contributed by atoms with Gasteiger partial charge in [0.05, 0.1) is 11.8 Å². The molecule has 1 heterocycles. The standard InChI is InChI=1S/C22H18N2O6/c1-14(25)23-17-8-4-15(5-9-17)19(26)13-30-22(28)16-6-10-18(11-7-16)24-21(27)20-3-2-12-29-20/h2-12H,13H2,1H3,(H,23,25)(H,24,27). The van der Waals surface area contributed by atoms with Gasteiger partial charge in [-0.15, -0.1) is 0 Å². The Balaban J connectivity index is 1.52. The highest BCUT2D eigenvalue weighted by atomic mass is 16.5. The van der Waals surface area contributed by atoms with Crippen molar-refractivity contribution in [3.8, 4) is 0 Å². The molecule has 2 N–H and O–H groups in total. The molecule has 1 aromatic heterocycles. The zero-order chi connectivity index (χ0) is 21.5. The molecule has 0 aliphatic rings. The number of carbonyl (C=O) groups is 4. The van der Waals surface area contributed by atoms with Crippen LogP contribution in [0.15, 0.2) is 71.3 Å². The summed E-state index contributed by atoms with van der Waals surface area (Å²) < 4.78 is 10.1. The molecule has 8 heteroatoms. The molecule has 0 radical (unpaired) electrons. The van der Waals surface area contributed by atoms with Crippen molar-refractivity contribution in [2.45, 2.75) is 6.92 Å². The highest BCUT2D eigenvalue weighted by molar-refractivity contribution is 6.03. The molecule has 0 aliphatic carbocycles. The molecule has 0 spiro atoms. The van der Waals surface area contributed by atoms with Crippen LogP contribution in [0.2, 0.25) is 0 Å². The van der Waals surface area contributed by atoms with Crippen LogP contribution in [0.1, 0.15) is 38.2 Å². The van der Waals surface area contributed by atoms with Crippen molar-refractivity contribution >= 4 is 34.9 Å². The van der Waals surface area contributed by atoms with E-state index in [1.807, 2.05) is 0 Å². The van der Waals surface area contributed by atoms with Crippen LogP contribution < -0.4 is 10.6 Å². The lowest BCUT2D eigenvalue weighted by Gasteiger charge is -2.07. The third-order valence-corrected chi connectivity index (χ3v) is 3.99. The molecule has 3 rings (SSSR count). The van der Waals surface area contributed by atoms with E-state index in [0.717, 1.165) is 0 Å². The van der Waals surface area contributed by atoms with Crippen molar-refractivity contribution < 1.29 is 28.3 Å². The van der Waals surface area contributed by atoms with Crippen molar-refractivity contribution in [3.63, 3.8) is 0 Å². The van der Waals surface area contributed by atoms with Gasteiger partial charge in [-0.1, -0.05) is 0 Å². The van der Waals surface area contributed by atoms with E-state index in [0.29, 0.717) is 16.9 Å². The number of anilines is 2. The van der Waals surface area contributed by atoms with E-state index in [-0.39, 0.29) is 23.0 Å². The van der Waals surface area contributed by atoms with Gasteiger partial charge in [0.1, 0.15) is 0 Å². The molecule has 0 atom stereocenters. The largest absolute Gasteiger partial charge is 0.459 e. The van der Waals surface area contributed by atoms with Gasteiger partial charge in [-0.3, -0.25) is 14.4 Å². The van der Waals surface area contributed by atoms with Crippen molar-refractivity contribution in [2.75, 3.05) is 17.2 Å². The number of Topliss-reactive ketones (excluding diaryl/α,β-unsaturated/α-hetero) is 1. The molecule has 0 saturated heterocycles. The molecule has 2 amide bonds. The Morgan fingerprint density at radius 3 is 2.00 bits per heavy atom. The number of hydrogen-bond donors (Lipinski definition) is 2. The van der Waals surface area contributed by atoms with E-state index >= 15 is 0 Å². The third kappa shape index (κ3) is 5.41. The first kappa shape index (κ1) is 20.5. The normalized spacial score (nSPS) is 10.2. The molecule has 2 aromatic carbocycles. The summed E-state index contributed by atoms with van der Waals surface area (Å²) in [5, 5.41) is 5.23. The minimum absolute atomic E-state index is 0.169. The van der Waals surface area contributed by atoms with E-state index in [1.54, 1.807) is 30.3 Å². The minimum atomic E-state index is -0.665. The molecule has 3 aromatic rings. The summed E-state index contributed by atoms with van der Waals surface area (Å²) in [6.07, 6.45) is 1.40. The Kier molecular flexibility index (Phi) is 6.39. The van der Waals surface area contributed by atoms with Gasteiger partial charge in [0.2, 0.25) is 5.91 Å². The van der Waals surface area contributed by atoms with E-state index in [9.17, 15) is 19.2 Å². The van der Waals surface area contributed by atoms with Crippen LogP contribution >= 0.6 is 0 Å². The average Bonchev–Trinajstić information content (AvgIpc) is 3.27. The zero-order valence-electron chi connectivity index (χ0n) is 16.0. The summed E-state index contributed by atoms with van der Waals surface area (Å²) in [5.74, 6) is -1.50. The van der Waals surface area contributed by atoms with Gasteiger partial charge in [-0.05, 0) is 60.7 Å². The van der Waals surface area contributed by atoms with Gasteiger partial charge in [-0.2, -0.15) is 0 Å². The number of carbonyl (C=O) groups excluding carboxylic acids is 4. The van der Waals surface area contributed by atoms with Gasteiger partial charge < -0.3 is 19.8 Å². The van der Waals surface area contributed by atoms with Crippen LogP contribution in [-0.4, -0.2) is 30.2 Å². The van der Waals surface area contributed by atoms with Gasteiger partial charge in [0, 0.05) is 23.9 Å². The molecule has 8 nitrogen and oxygen atoms in total. The molecule has 0 saturated carbocycles. The van der Waals surface area contributed by atoms with Crippen molar-refractivity contribution in [3.05, 3.63) is 83.8 Å². The summed E-state index contributed by atoms with van der Waals surface area (Å²) in [4.78, 5) is 47.3. The van der Waals surface area contributed by atoms with E-state index in [4.69, 9.17) is 9.15 Å². The van der Waals surface area contributed by atoms with Crippen LogP contribution in [-0.2, 0) is 9.53 Å². The summed E-state index contributed by atoms with van der Waals surface area (Å²) in [6, 6.07) is 15.4. The van der Waals surface area contributed by atoms with Gasteiger partial charge in [-0.25, -0.2) is 4.79 Å². The highest BCUT2D eigenvalue weighted by Crippen LogP contribution is 2.14. The monoisotopic (exact) mass is 406 g/mol. The fourth-order valence-corrected chi connectivity index (χ4v) is 2.53. The van der Waals surface area contributed by atoms with Crippen molar-refractivity contribution in [2.24, 2.45) is 0 Å². The fourth-order valence-electron chi connectivity index (χ4n) is 2.53. The quantitative estimate of drug-likeness (QED) is 0.458. The molecule has 0 aliphatic heterocycles. The minimum Gasteiger partial charge on any atom is -0.459 e. The maximum atomic E-state index is 12.2. The molecular weight excluding hydrogens is 388 g/mol. The van der Waals surface area contributed by atoms with E-state index in [2.05, 4.69) is 10.6 Å². The summed E-state index contributed by atoms with van der Waals surface area (Å²) in [5.41, 5.74) is 1.63. The number of benzene rings is 2. The van der Waals surface area contributed by atoms with E-state index in [1.165, 1.54) is 43.5 Å². The SMILES string of the molecule is CC(=O)Nc1ccc(C(=O)COC(=O)c2ccc(NC(=O)c3ccco3)cc2)cc1. The smallest absolute Gasteiger partial charge is 0.338 e. The molecule has 0 bridgehead atoms. The lowest BCUT2D eigenvalue weighted by Crippen LogP contribution is -2.15. The number of rotatable bonds is 7. The molecule has 0 unspecified atom stereocenters. The number of ketones is 1. The van der Waals surface area contributed by atoms with E-state index < -0.39 is 18.5 Å². The topological polar surface area (TPSA) is 115 Å². The average molecular weight is 406 g/mol. The predicted octanol–water partition coefficient (Wildman–Crippen LogP) is 3.53. The number of nitrogens with one attached hydrogen (secondary N) is 2. The highest BCUT2D eigenvalue weighted by Gasteiger charge is 2.13. The second kappa shape index (κ2) is 9.33. The summed E-state index contributed by atoms with van der Waals surface area (Å²) in [7, 11) is 0. The molecule has 30 heavy (non-hydrogen) atoms. The Bertz CT molecular complexity index is 1050. The maximum Gasteiger partial charge on any atom is 0.338 e. The van der Waals surface area contributed by atoms with Crippen molar-refractivity contribution in [1.82, 2.24) is 0 Å². The van der Waals surface area contributed by atoms with Gasteiger partial charge in [0.15, 0.2) is 18.2 Å². The van der Waals surface area contributed by atoms with Gasteiger partial charge >= 0.3 is 5.97 Å². The Labute approximate surface area is 171 Å². The second-order valence-electron chi connectivity index (χ2n) is 6.27. The lowest BCUT2D eigenvalue weighted by atomic mass is 10.1. The first-order valence-electron chi connectivity index (χ1n) is 8.95. The van der Waals surface area contributed by atoms with Crippen molar-refractivity contribution in [1.29, 1.82) is 0 Å². The summed E-state index contributed by atoms with van der Waals surface area (Å²) >= 11 is 0. The lowest BCUT2D eigenvalue weighted by molar-refractivity contribution is -0.114. The van der Waals surface area contributed by atoms with Crippen LogP contribution in [0, 0.1) is 0 Å². The second-order valence-corrected chi connectivity index (χ2v) is 6.27. The number of amides is 2. The Hall–Kier alpha value is -4.20. The van der Waals surface area contributed by atoms with Crippen LogP contribution in [0.3, 0.4) is 0 Å². The molecule has 152 valence electrons. The maximum absolute atomic E-state index is 12.2. The Morgan fingerprint density at radius 1 is 0.833 bits per heavy atom. The molecular formula is C22H18N2O6. The third-order valence-electron chi connectivity index (χ3n) is 3.99. The number of esters is 1. The first-order chi connectivity index (χ1) is 14.4. The van der Waals surface area contributed by atoms with Crippen LogP contribution in [0.4, 0.5) is 11.4 Å². The zero-order valence-corrected chi connectivity index (χ0v) is 16.0. The van der Waals surface area contributed by atoms with Crippen LogP contribution in [0.25, 0.3) is 0 Å². The number of hydrogen-bond acceptors (Lipinski definition) is 6. The predicted molar refractivity (Wildman–Crippen MR) is 108 cm³/mol. The fraction of sp³-hybridized carbons (Fsp3) is 0.0909. The number of furan rings is 1. The van der Waals surface area contributed by atoms with Gasteiger partial charge in [0.25, 0.3) is 5.91 Å². The first-order valence-corrected chi connectivity index (χ1v) is 8.95. The van der Waals surface area contributed by atoms with Crippen LogP contribution in [0.5, 0.6) is 0 Å². The summed E-state index contributed by atoms with van der Waals surface area (Å²) in [6.45, 7) is 0.966. The number of ether oxygens (including phenoxy) is 1. The molecule has 0 fully saturated rings.